The molecule has 1 saturated heterocycles. The van der Waals surface area contributed by atoms with Gasteiger partial charge >= 0.3 is 0 Å². The number of benzene rings is 1. The first-order valence-electron chi connectivity index (χ1n) is 11.4. The van der Waals surface area contributed by atoms with Crippen molar-refractivity contribution in [2.45, 2.75) is 58.7 Å². The third-order valence-electron chi connectivity index (χ3n) is 6.34. The number of aromatic nitrogens is 2. The van der Waals surface area contributed by atoms with Gasteiger partial charge in [0.25, 0.3) is 0 Å². The SMILES string of the molecule is CNc1nc(C2CCCCN2Cc2ccc(NC(C)=O)cc2)nc2c1CCN(C(C)=O)C2. The maximum atomic E-state index is 11.9. The van der Waals surface area contributed by atoms with Crippen molar-refractivity contribution in [2.75, 3.05) is 30.8 Å². The molecule has 2 aliphatic heterocycles. The minimum Gasteiger partial charge on any atom is -0.373 e. The Morgan fingerprint density at radius 3 is 2.56 bits per heavy atom. The molecular weight excluding hydrogens is 404 g/mol. The van der Waals surface area contributed by atoms with Gasteiger partial charge in [0.05, 0.1) is 18.3 Å². The molecular formula is C24H32N6O2. The van der Waals surface area contributed by atoms with Crippen LogP contribution >= 0.6 is 0 Å². The van der Waals surface area contributed by atoms with Crippen LogP contribution in [0.25, 0.3) is 0 Å². The number of piperidine rings is 1. The van der Waals surface area contributed by atoms with Crippen molar-refractivity contribution in [3.63, 3.8) is 0 Å². The lowest BCUT2D eigenvalue weighted by Crippen LogP contribution is -2.37. The summed E-state index contributed by atoms with van der Waals surface area (Å²) in [6.45, 7) is 6.19. The Kier molecular flexibility index (Phi) is 6.69. The second kappa shape index (κ2) is 9.65. The monoisotopic (exact) mass is 436 g/mol. The van der Waals surface area contributed by atoms with E-state index in [0.29, 0.717) is 13.1 Å². The van der Waals surface area contributed by atoms with Crippen molar-refractivity contribution in [3.05, 3.63) is 46.9 Å². The summed E-state index contributed by atoms with van der Waals surface area (Å²) in [6.07, 6.45) is 4.10. The molecule has 1 aromatic carbocycles. The summed E-state index contributed by atoms with van der Waals surface area (Å²) in [6, 6.07) is 8.16. The van der Waals surface area contributed by atoms with Gasteiger partial charge < -0.3 is 15.5 Å². The smallest absolute Gasteiger partial charge is 0.221 e. The number of hydrogen-bond donors (Lipinski definition) is 2. The molecule has 2 aliphatic rings. The molecule has 0 spiro atoms. The molecule has 2 aromatic rings. The van der Waals surface area contributed by atoms with Gasteiger partial charge in [-0.15, -0.1) is 0 Å². The van der Waals surface area contributed by atoms with Crippen LogP contribution in [0.1, 0.15) is 61.8 Å². The van der Waals surface area contributed by atoms with E-state index in [1.165, 1.54) is 12.5 Å². The lowest BCUT2D eigenvalue weighted by molar-refractivity contribution is -0.129. The molecule has 8 nitrogen and oxygen atoms in total. The van der Waals surface area contributed by atoms with E-state index in [9.17, 15) is 9.59 Å². The normalized spacial score (nSPS) is 18.7. The van der Waals surface area contributed by atoms with E-state index in [4.69, 9.17) is 9.97 Å². The molecule has 0 aliphatic carbocycles. The lowest BCUT2D eigenvalue weighted by Gasteiger charge is -2.36. The molecule has 32 heavy (non-hydrogen) atoms. The van der Waals surface area contributed by atoms with Crippen LogP contribution in [0.5, 0.6) is 0 Å². The summed E-state index contributed by atoms with van der Waals surface area (Å²) in [4.78, 5) is 37.4. The van der Waals surface area contributed by atoms with E-state index in [2.05, 4.69) is 27.7 Å². The predicted molar refractivity (Wildman–Crippen MR) is 124 cm³/mol. The van der Waals surface area contributed by atoms with Gasteiger partial charge in [0.1, 0.15) is 11.6 Å². The molecule has 0 radical (unpaired) electrons. The number of nitrogens with one attached hydrogen (secondary N) is 2. The summed E-state index contributed by atoms with van der Waals surface area (Å²) < 4.78 is 0. The predicted octanol–water partition coefficient (Wildman–Crippen LogP) is 3.11. The van der Waals surface area contributed by atoms with Crippen molar-refractivity contribution >= 4 is 23.3 Å². The van der Waals surface area contributed by atoms with Crippen LogP contribution in [0.4, 0.5) is 11.5 Å². The zero-order valence-corrected chi connectivity index (χ0v) is 19.1. The van der Waals surface area contributed by atoms with E-state index >= 15 is 0 Å². The summed E-state index contributed by atoms with van der Waals surface area (Å²) in [5.41, 5.74) is 4.10. The van der Waals surface area contributed by atoms with Gasteiger partial charge in [-0.05, 0) is 43.5 Å². The van der Waals surface area contributed by atoms with Gasteiger partial charge in [-0.1, -0.05) is 18.6 Å². The molecule has 1 unspecified atom stereocenters. The van der Waals surface area contributed by atoms with Crippen LogP contribution in [-0.4, -0.2) is 51.7 Å². The Hall–Kier alpha value is -3.00. The highest BCUT2D eigenvalue weighted by Crippen LogP contribution is 2.33. The first kappa shape index (κ1) is 22.2. The summed E-state index contributed by atoms with van der Waals surface area (Å²) >= 11 is 0. The summed E-state index contributed by atoms with van der Waals surface area (Å²) in [7, 11) is 1.90. The molecule has 2 N–H and O–H groups in total. The van der Waals surface area contributed by atoms with Crippen molar-refractivity contribution in [1.29, 1.82) is 0 Å². The number of carbonyl (C=O) groups is 2. The molecule has 4 rings (SSSR count). The van der Waals surface area contributed by atoms with Crippen molar-refractivity contribution in [2.24, 2.45) is 0 Å². The molecule has 8 heteroatoms. The minimum atomic E-state index is -0.0675. The van der Waals surface area contributed by atoms with Gasteiger partial charge in [0.2, 0.25) is 11.8 Å². The average Bonchev–Trinajstić information content (AvgIpc) is 2.79. The van der Waals surface area contributed by atoms with Crippen LogP contribution in [0, 0.1) is 0 Å². The largest absolute Gasteiger partial charge is 0.373 e. The Labute approximate surface area is 189 Å². The number of carbonyl (C=O) groups excluding carboxylic acids is 2. The van der Waals surface area contributed by atoms with Gasteiger partial charge in [-0.3, -0.25) is 14.5 Å². The van der Waals surface area contributed by atoms with Gasteiger partial charge in [-0.2, -0.15) is 0 Å². The molecule has 1 atom stereocenters. The Balaban J connectivity index is 1.57. The Morgan fingerprint density at radius 2 is 1.88 bits per heavy atom. The third-order valence-corrected chi connectivity index (χ3v) is 6.34. The molecule has 1 aromatic heterocycles. The highest BCUT2D eigenvalue weighted by Gasteiger charge is 2.30. The van der Waals surface area contributed by atoms with E-state index in [-0.39, 0.29) is 17.9 Å². The van der Waals surface area contributed by atoms with Crippen LogP contribution < -0.4 is 10.6 Å². The number of nitrogens with zero attached hydrogens (tertiary/aromatic N) is 4. The molecule has 1 fully saturated rings. The van der Waals surface area contributed by atoms with Crippen LogP contribution in [-0.2, 0) is 29.1 Å². The topological polar surface area (TPSA) is 90.5 Å². The first-order chi connectivity index (χ1) is 15.4. The fourth-order valence-electron chi connectivity index (χ4n) is 4.68. The number of rotatable bonds is 5. The Bertz CT molecular complexity index is 991. The average molecular weight is 437 g/mol. The summed E-state index contributed by atoms with van der Waals surface area (Å²) in [5.74, 6) is 1.75. The van der Waals surface area contributed by atoms with E-state index < -0.39 is 0 Å². The highest BCUT2D eigenvalue weighted by molar-refractivity contribution is 5.88. The number of fused-ring (bicyclic) bond motifs is 1. The zero-order valence-electron chi connectivity index (χ0n) is 19.1. The van der Waals surface area contributed by atoms with Crippen molar-refractivity contribution < 1.29 is 9.59 Å². The molecule has 0 saturated carbocycles. The first-order valence-corrected chi connectivity index (χ1v) is 11.4. The van der Waals surface area contributed by atoms with E-state index in [1.54, 1.807) is 6.92 Å². The van der Waals surface area contributed by atoms with Gasteiger partial charge in [-0.25, -0.2) is 9.97 Å². The fourth-order valence-corrected chi connectivity index (χ4v) is 4.68. The second-order valence-corrected chi connectivity index (χ2v) is 8.66. The second-order valence-electron chi connectivity index (χ2n) is 8.66. The van der Waals surface area contributed by atoms with E-state index in [1.807, 2.05) is 24.1 Å². The third kappa shape index (κ3) is 4.91. The lowest BCUT2D eigenvalue weighted by atomic mass is 9.99. The van der Waals surface area contributed by atoms with Crippen molar-refractivity contribution in [3.8, 4) is 0 Å². The number of anilines is 2. The molecule has 3 heterocycles. The maximum absolute atomic E-state index is 11.9. The van der Waals surface area contributed by atoms with Crippen LogP contribution in [0.3, 0.4) is 0 Å². The quantitative estimate of drug-likeness (QED) is 0.749. The van der Waals surface area contributed by atoms with Gasteiger partial charge in [0, 0.05) is 45.2 Å². The highest BCUT2D eigenvalue weighted by atomic mass is 16.2. The van der Waals surface area contributed by atoms with E-state index in [0.717, 1.165) is 67.4 Å². The summed E-state index contributed by atoms with van der Waals surface area (Å²) in [5, 5.41) is 6.07. The zero-order chi connectivity index (χ0) is 22.7. The Morgan fingerprint density at radius 1 is 1.09 bits per heavy atom. The maximum Gasteiger partial charge on any atom is 0.221 e. The minimum absolute atomic E-state index is 0.0675. The van der Waals surface area contributed by atoms with Crippen LogP contribution in [0.15, 0.2) is 24.3 Å². The molecule has 2 amide bonds. The number of likely N-dealkylation sites (tertiary alicyclic amines) is 1. The number of hydrogen-bond acceptors (Lipinski definition) is 6. The van der Waals surface area contributed by atoms with Crippen molar-refractivity contribution in [1.82, 2.24) is 19.8 Å². The van der Waals surface area contributed by atoms with Gasteiger partial charge in [0.15, 0.2) is 0 Å². The molecule has 170 valence electrons. The molecule has 0 bridgehead atoms. The standard InChI is InChI=1S/C24H32N6O2/c1-16(31)26-19-9-7-18(8-10-19)14-30-12-5-4-6-22(30)24-27-21-15-29(17(2)32)13-11-20(21)23(25-3)28-24/h7-10,22H,4-6,11-15H2,1-3H3,(H,26,31)(H,25,27,28). The number of amides is 2. The fraction of sp³-hybridized carbons (Fsp3) is 0.500. The van der Waals surface area contributed by atoms with Crippen LogP contribution in [0.2, 0.25) is 0 Å².